The number of nitrogens with zero attached hydrogens (tertiary/aromatic N) is 1. The number of allylic oxidation sites excluding steroid dienone is 1. The van der Waals surface area contributed by atoms with Gasteiger partial charge in [0, 0.05) is 0 Å². The molecule has 0 atom stereocenters. The zero-order valence-electron chi connectivity index (χ0n) is 4.89. The molecule has 0 aliphatic carbocycles. The molecule has 1 nitrogen and oxygen atoms in total. The number of hydrogen-bond acceptors (Lipinski definition) is 1. The van der Waals surface area contributed by atoms with Gasteiger partial charge in [-0.3, -0.25) is 4.99 Å². The number of aliphatic imine (C=N–C) groups is 1. The zero-order chi connectivity index (χ0) is 5.54. The highest BCUT2D eigenvalue weighted by atomic mass is 14.7. The first-order valence-corrected chi connectivity index (χ1v) is 2.47. The van der Waals surface area contributed by atoms with Crippen molar-refractivity contribution in [3.63, 3.8) is 0 Å². The average Bonchev–Trinajstić information content (AvgIpc) is 1.69. The van der Waals surface area contributed by atoms with Gasteiger partial charge in [0.15, 0.2) is 0 Å². The van der Waals surface area contributed by atoms with Crippen LogP contribution in [0.4, 0.5) is 0 Å². The van der Waals surface area contributed by atoms with Gasteiger partial charge in [0.25, 0.3) is 0 Å². The summed E-state index contributed by atoms with van der Waals surface area (Å²) in [6, 6.07) is 0. The molecule has 0 unspecified atom stereocenters. The van der Waals surface area contributed by atoms with E-state index in [0.29, 0.717) is 0 Å². The Hall–Kier alpha value is -0.590. The summed E-state index contributed by atoms with van der Waals surface area (Å²) in [5.41, 5.74) is 0. The molecule has 0 saturated heterocycles. The van der Waals surface area contributed by atoms with Crippen LogP contribution >= 0.6 is 0 Å². The number of rotatable bonds is 2. The molecule has 0 aliphatic heterocycles. The summed E-state index contributed by atoms with van der Waals surface area (Å²) in [6.07, 6.45) is 5.81. The first-order valence-electron chi connectivity index (χ1n) is 2.47. The van der Waals surface area contributed by atoms with Crippen molar-refractivity contribution in [1.29, 1.82) is 0 Å². The van der Waals surface area contributed by atoms with Crippen LogP contribution in [-0.2, 0) is 0 Å². The Bertz CT molecular complexity index is 62.2. The Morgan fingerprint density at radius 1 is 1.43 bits per heavy atom. The Kier molecular flexibility index (Phi) is 4.95. The summed E-state index contributed by atoms with van der Waals surface area (Å²) >= 11 is 0. The molecule has 0 rings (SSSR count). The van der Waals surface area contributed by atoms with E-state index in [4.69, 9.17) is 0 Å². The summed E-state index contributed by atoms with van der Waals surface area (Å²) in [5.74, 6) is 0. The van der Waals surface area contributed by atoms with E-state index in [1.165, 1.54) is 0 Å². The number of hydrogen-bond donors (Lipinski definition) is 0. The van der Waals surface area contributed by atoms with Crippen LogP contribution in [0.3, 0.4) is 0 Å². The third kappa shape index (κ3) is 5.41. The molecule has 0 aromatic carbocycles. The highest BCUT2D eigenvalue weighted by Crippen LogP contribution is 1.70. The molecule has 0 amide bonds. The van der Waals surface area contributed by atoms with Crippen molar-refractivity contribution in [2.24, 2.45) is 4.99 Å². The van der Waals surface area contributed by atoms with Gasteiger partial charge in [-0.2, -0.15) is 0 Å². The van der Waals surface area contributed by atoms with Gasteiger partial charge < -0.3 is 0 Å². The minimum absolute atomic E-state index is 0.826. The lowest BCUT2D eigenvalue weighted by Crippen LogP contribution is -1.68. The quantitative estimate of drug-likeness (QED) is 0.367. The molecular formula is C6H11N. The Labute approximate surface area is 44.8 Å². The largest absolute Gasteiger partial charge is 0.294 e. The van der Waals surface area contributed by atoms with E-state index in [1.54, 1.807) is 6.21 Å². The highest BCUT2D eigenvalue weighted by molar-refractivity contribution is 5.53. The molecule has 0 aromatic heterocycles. The minimum Gasteiger partial charge on any atom is -0.294 e. The predicted octanol–water partition coefficient (Wildman–Crippen LogP) is 1.65. The molecule has 1 heteroatoms. The van der Waals surface area contributed by atoms with E-state index in [2.05, 4.69) is 4.99 Å². The minimum atomic E-state index is 0.826. The molecule has 0 saturated carbocycles. The molecule has 0 fully saturated rings. The maximum absolute atomic E-state index is 3.95. The summed E-state index contributed by atoms with van der Waals surface area (Å²) in [7, 11) is 0. The van der Waals surface area contributed by atoms with Crippen molar-refractivity contribution in [2.75, 3.05) is 6.54 Å². The lowest BCUT2D eigenvalue weighted by molar-refractivity contribution is 1.25. The van der Waals surface area contributed by atoms with Gasteiger partial charge in [-0.05, 0) is 20.1 Å². The Morgan fingerprint density at radius 2 is 2.14 bits per heavy atom. The lowest BCUT2D eigenvalue weighted by atomic mass is 10.5. The standard InChI is InChI=1S/C6H11N/c1-3-5-6-7-4-2/h3-5H,6H2,1-2H3. The molecular weight excluding hydrogens is 86.1 g/mol. The van der Waals surface area contributed by atoms with E-state index >= 15 is 0 Å². The molecule has 0 aliphatic rings. The Balaban J connectivity index is 2.98. The van der Waals surface area contributed by atoms with Gasteiger partial charge in [-0.15, -0.1) is 0 Å². The summed E-state index contributed by atoms with van der Waals surface area (Å²) in [6.45, 7) is 4.74. The topological polar surface area (TPSA) is 12.4 Å². The van der Waals surface area contributed by atoms with E-state index in [0.717, 1.165) is 6.54 Å². The van der Waals surface area contributed by atoms with E-state index in [9.17, 15) is 0 Å². The van der Waals surface area contributed by atoms with Gasteiger partial charge in [0.1, 0.15) is 0 Å². The average molecular weight is 97.2 g/mol. The van der Waals surface area contributed by atoms with Crippen LogP contribution in [-0.4, -0.2) is 12.8 Å². The third-order valence-corrected chi connectivity index (χ3v) is 0.629. The van der Waals surface area contributed by atoms with Gasteiger partial charge in [-0.1, -0.05) is 12.2 Å². The lowest BCUT2D eigenvalue weighted by Gasteiger charge is -1.75. The summed E-state index contributed by atoms with van der Waals surface area (Å²) < 4.78 is 0. The van der Waals surface area contributed by atoms with Crippen molar-refractivity contribution in [2.45, 2.75) is 13.8 Å². The molecule has 0 spiro atoms. The molecule has 0 radical (unpaired) electrons. The summed E-state index contributed by atoms with van der Waals surface area (Å²) in [4.78, 5) is 3.95. The van der Waals surface area contributed by atoms with Crippen LogP contribution in [0.15, 0.2) is 17.1 Å². The van der Waals surface area contributed by atoms with Crippen molar-refractivity contribution in [3.05, 3.63) is 12.2 Å². The normalized spacial score (nSPS) is 11.7. The van der Waals surface area contributed by atoms with Crippen molar-refractivity contribution >= 4 is 6.21 Å². The SMILES string of the molecule is CC=CCN=CC. The molecule has 0 bridgehead atoms. The van der Waals surface area contributed by atoms with Crippen LogP contribution in [0.1, 0.15) is 13.8 Å². The fraction of sp³-hybridized carbons (Fsp3) is 0.500. The fourth-order valence-corrected chi connectivity index (χ4v) is 0.272. The van der Waals surface area contributed by atoms with Crippen molar-refractivity contribution in [3.8, 4) is 0 Å². The Morgan fingerprint density at radius 3 is 2.57 bits per heavy atom. The van der Waals surface area contributed by atoms with Crippen LogP contribution in [0.5, 0.6) is 0 Å². The van der Waals surface area contributed by atoms with Gasteiger partial charge in [0.2, 0.25) is 0 Å². The second-order valence-electron chi connectivity index (χ2n) is 1.19. The second-order valence-corrected chi connectivity index (χ2v) is 1.19. The van der Waals surface area contributed by atoms with Crippen LogP contribution in [0.25, 0.3) is 0 Å². The molecule has 0 N–H and O–H groups in total. The third-order valence-electron chi connectivity index (χ3n) is 0.629. The maximum Gasteiger partial charge on any atom is 0.0566 e. The van der Waals surface area contributed by atoms with Crippen LogP contribution in [0, 0.1) is 0 Å². The molecule has 0 heterocycles. The fourth-order valence-electron chi connectivity index (χ4n) is 0.272. The van der Waals surface area contributed by atoms with Crippen molar-refractivity contribution in [1.82, 2.24) is 0 Å². The van der Waals surface area contributed by atoms with E-state index in [1.807, 2.05) is 26.0 Å². The second kappa shape index (κ2) is 5.41. The molecule has 7 heavy (non-hydrogen) atoms. The highest BCUT2D eigenvalue weighted by Gasteiger charge is 1.61. The van der Waals surface area contributed by atoms with E-state index < -0.39 is 0 Å². The first-order chi connectivity index (χ1) is 3.41. The van der Waals surface area contributed by atoms with Crippen LogP contribution < -0.4 is 0 Å². The van der Waals surface area contributed by atoms with Crippen LogP contribution in [0.2, 0.25) is 0 Å². The zero-order valence-corrected chi connectivity index (χ0v) is 4.89. The monoisotopic (exact) mass is 97.1 g/mol. The smallest absolute Gasteiger partial charge is 0.0566 e. The predicted molar refractivity (Wildman–Crippen MR) is 33.8 cm³/mol. The summed E-state index contributed by atoms with van der Waals surface area (Å²) in [5, 5.41) is 0. The molecule has 0 aromatic rings. The first kappa shape index (κ1) is 6.41. The van der Waals surface area contributed by atoms with Gasteiger partial charge in [0.05, 0.1) is 6.54 Å². The van der Waals surface area contributed by atoms with E-state index in [-0.39, 0.29) is 0 Å². The van der Waals surface area contributed by atoms with Gasteiger partial charge in [-0.25, -0.2) is 0 Å². The maximum atomic E-state index is 3.95. The molecule has 40 valence electrons. The van der Waals surface area contributed by atoms with Crippen molar-refractivity contribution < 1.29 is 0 Å². The van der Waals surface area contributed by atoms with Gasteiger partial charge >= 0.3 is 0 Å².